The zero-order valence-electron chi connectivity index (χ0n) is 15.5. The minimum Gasteiger partial charge on any atom is -0.423 e. The van der Waals surface area contributed by atoms with Gasteiger partial charge in [0.25, 0.3) is 0 Å². The van der Waals surface area contributed by atoms with E-state index in [0.717, 1.165) is 12.7 Å². The van der Waals surface area contributed by atoms with Gasteiger partial charge in [-0.2, -0.15) is 8.78 Å². The molecular formula is C11H16BF2N5O11P2. The number of imidazole rings is 1. The Morgan fingerprint density at radius 3 is 2.50 bits per heavy atom. The third kappa shape index (κ3) is 4.55. The van der Waals surface area contributed by atoms with Crippen molar-refractivity contribution in [3.63, 3.8) is 0 Å². The normalized spacial score (nSPS) is 27.9. The maximum atomic E-state index is 13.3. The Labute approximate surface area is 176 Å². The van der Waals surface area contributed by atoms with Gasteiger partial charge in [0, 0.05) is 0 Å². The molecule has 1 aliphatic heterocycles. The molecule has 32 heavy (non-hydrogen) atoms. The minimum atomic E-state index is -6.41. The highest BCUT2D eigenvalue weighted by atomic mass is 31.3. The number of fused-ring (bicyclic) bond motifs is 1. The first-order valence-electron chi connectivity index (χ1n) is 8.38. The van der Waals surface area contributed by atoms with Crippen molar-refractivity contribution in [3.05, 3.63) is 12.7 Å². The van der Waals surface area contributed by atoms with E-state index in [1.54, 1.807) is 0 Å². The smallest absolute Gasteiger partial charge is 0.423 e. The Balaban J connectivity index is 1.71. The summed E-state index contributed by atoms with van der Waals surface area (Å²) in [5.41, 5.74) is 0.694. The number of hydrogen-bond acceptors (Lipinski definition) is 13. The van der Waals surface area contributed by atoms with E-state index in [4.69, 9.17) is 25.4 Å². The molecule has 21 heteroatoms. The Kier molecular flexibility index (Phi) is 6.74. The number of hydrogen-bond donors (Lipinski definition) is 7. The highest BCUT2D eigenvalue weighted by molar-refractivity contribution is 7.66. The summed E-state index contributed by atoms with van der Waals surface area (Å²) in [7, 11) is -15.8. The molecule has 1 aliphatic rings. The summed E-state index contributed by atoms with van der Waals surface area (Å²) in [6.45, 7) is -1.08. The van der Waals surface area contributed by atoms with Crippen molar-refractivity contribution in [1.82, 2.24) is 19.5 Å². The molecule has 8 N–H and O–H groups in total. The van der Waals surface area contributed by atoms with E-state index in [2.05, 4.69) is 23.8 Å². The summed E-state index contributed by atoms with van der Waals surface area (Å²) < 4.78 is 64.3. The second-order valence-electron chi connectivity index (χ2n) is 6.46. The fraction of sp³-hybridized carbons (Fsp3) is 0.545. The van der Waals surface area contributed by atoms with Gasteiger partial charge in [0.15, 0.2) is 17.7 Å². The molecule has 3 heterocycles. The molecule has 0 amide bonds. The number of anilines is 1. The molecule has 0 radical (unpaired) electrons. The van der Waals surface area contributed by atoms with Crippen molar-refractivity contribution < 1.29 is 61.5 Å². The molecular weight excluding hydrogens is 489 g/mol. The SMILES string of the molecule is Nc1ncnc2c1ncn2[C@@H]1O[C@H](COP(=O)(O)OP(=O)(O)C(F)(F)B(O)O)[C@@H](O)[C@H]1O. The van der Waals surface area contributed by atoms with E-state index < -0.39 is 59.2 Å². The van der Waals surface area contributed by atoms with Gasteiger partial charge < -0.3 is 40.5 Å². The van der Waals surface area contributed by atoms with E-state index in [1.807, 2.05) is 0 Å². The fourth-order valence-electron chi connectivity index (χ4n) is 2.68. The second-order valence-corrected chi connectivity index (χ2v) is 9.94. The van der Waals surface area contributed by atoms with Crippen LogP contribution in [0.5, 0.6) is 0 Å². The number of nitrogens with zero attached hydrogens (tertiary/aromatic N) is 4. The zero-order valence-corrected chi connectivity index (χ0v) is 17.3. The van der Waals surface area contributed by atoms with Crippen molar-refractivity contribution in [2.24, 2.45) is 0 Å². The van der Waals surface area contributed by atoms with E-state index in [0.29, 0.717) is 0 Å². The number of halogens is 2. The lowest BCUT2D eigenvalue weighted by molar-refractivity contribution is -0.0503. The van der Waals surface area contributed by atoms with Gasteiger partial charge >= 0.3 is 28.1 Å². The molecule has 2 unspecified atom stereocenters. The van der Waals surface area contributed by atoms with Gasteiger partial charge in [0.1, 0.15) is 30.2 Å². The molecule has 0 aromatic carbocycles. The van der Waals surface area contributed by atoms with Gasteiger partial charge in [0.2, 0.25) is 0 Å². The summed E-state index contributed by atoms with van der Waals surface area (Å²) in [6.07, 6.45) is -4.07. The van der Waals surface area contributed by atoms with Gasteiger partial charge in [0.05, 0.1) is 12.9 Å². The maximum absolute atomic E-state index is 13.3. The van der Waals surface area contributed by atoms with Crippen LogP contribution in [0.25, 0.3) is 11.2 Å². The van der Waals surface area contributed by atoms with Crippen molar-refractivity contribution in [2.45, 2.75) is 30.1 Å². The molecule has 3 rings (SSSR count). The van der Waals surface area contributed by atoms with Crippen LogP contribution >= 0.6 is 15.4 Å². The van der Waals surface area contributed by atoms with Crippen LogP contribution in [0.15, 0.2) is 12.7 Å². The number of aromatic nitrogens is 4. The molecule has 16 nitrogen and oxygen atoms in total. The number of rotatable bonds is 8. The maximum Gasteiger partial charge on any atom is 0.544 e. The number of phosphoric ester groups is 1. The first kappa shape index (κ1) is 25.0. The molecule has 0 spiro atoms. The average Bonchev–Trinajstić information content (AvgIpc) is 3.22. The van der Waals surface area contributed by atoms with Crippen LogP contribution in [-0.4, -0.2) is 87.2 Å². The van der Waals surface area contributed by atoms with E-state index in [1.165, 1.54) is 4.57 Å². The Hall–Kier alpha value is -1.63. The summed E-state index contributed by atoms with van der Waals surface area (Å²) in [6, 6.07) is 0. The fourth-order valence-corrected chi connectivity index (χ4v) is 5.05. The molecule has 2 aromatic rings. The number of nitrogens with two attached hydrogens (primary N) is 1. The molecule has 1 fully saturated rings. The summed E-state index contributed by atoms with van der Waals surface area (Å²) in [5, 5.41) is 37.3. The van der Waals surface area contributed by atoms with Gasteiger partial charge in [-0.25, -0.2) is 23.8 Å². The van der Waals surface area contributed by atoms with E-state index in [9.17, 15) is 33.0 Å². The molecule has 0 aliphatic carbocycles. The number of ether oxygens (including phenoxy) is 1. The van der Waals surface area contributed by atoms with Gasteiger partial charge in [-0.3, -0.25) is 13.7 Å². The Morgan fingerprint density at radius 1 is 1.22 bits per heavy atom. The molecule has 178 valence electrons. The van der Waals surface area contributed by atoms with Crippen LogP contribution in [0.2, 0.25) is 0 Å². The largest absolute Gasteiger partial charge is 0.544 e. The molecule has 2 aromatic heterocycles. The van der Waals surface area contributed by atoms with Crippen LogP contribution in [-0.2, 0) is 22.7 Å². The number of alkyl halides is 2. The lowest BCUT2D eigenvalue weighted by Gasteiger charge is -2.23. The highest BCUT2D eigenvalue weighted by Crippen LogP contribution is 2.67. The van der Waals surface area contributed by atoms with Crippen LogP contribution in [0.1, 0.15) is 6.23 Å². The predicted octanol–water partition coefficient (Wildman–Crippen LogP) is -2.05. The lowest BCUT2D eigenvalue weighted by atomic mass is 9.93. The monoisotopic (exact) mass is 505 g/mol. The molecule has 6 atom stereocenters. The van der Waals surface area contributed by atoms with Crippen molar-refractivity contribution in [3.8, 4) is 0 Å². The topological polar surface area (TPSA) is 253 Å². The second kappa shape index (κ2) is 8.62. The molecule has 0 bridgehead atoms. The highest BCUT2D eigenvalue weighted by Gasteiger charge is 2.63. The van der Waals surface area contributed by atoms with Crippen molar-refractivity contribution in [1.29, 1.82) is 0 Å². The summed E-state index contributed by atoms with van der Waals surface area (Å²) in [5.74, 6) is 0.0123. The molecule has 1 saturated heterocycles. The average molecular weight is 505 g/mol. The first-order valence-corrected chi connectivity index (χ1v) is 11.5. The lowest BCUT2D eigenvalue weighted by Crippen LogP contribution is -2.38. The van der Waals surface area contributed by atoms with Crippen LogP contribution < -0.4 is 5.73 Å². The summed E-state index contributed by atoms with van der Waals surface area (Å²) >= 11 is 0. The quantitative estimate of drug-likeness (QED) is 0.151. The first-order chi connectivity index (χ1) is 14.7. The number of aliphatic hydroxyl groups is 2. The van der Waals surface area contributed by atoms with Crippen LogP contribution in [0, 0.1) is 0 Å². The number of aliphatic hydroxyl groups excluding tert-OH is 2. The Bertz CT molecular complexity index is 1090. The number of nitrogen functional groups attached to an aromatic ring is 1. The van der Waals surface area contributed by atoms with E-state index in [-0.39, 0.29) is 17.0 Å². The van der Waals surface area contributed by atoms with Crippen molar-refractivity contribution >= 4 is 39.5 Å². The van der Waals surface area contributed by atoms with Gasteiger partial charge in [-0.05, 0) is 0 Å². The van der Waals surface area contributed by atoms with Crippen LogP contribution in [0.3, 0.4) is 0 Å². The van der Waals surface area contributed by atoms with E-state index >= 15 is 0 Å². The Morgan fingerprint density at radius 2 is 1.88 bits per heavy atom. The standard InChI is InChI=1S/C11H16BF2N5O11P2/c13-11(14,12(22)23)31(24,25)30-32(26,27)28-1-4-6(20)7(21)10(29-4)19-3-18-5-8(15)16-2-17-9(5)19/h2-4,6-7,10,20-23H,1H2,(H,24,25)(H,26,27)(H2,15,16,17)/t4-,6-,7-,10-/m1/s1. The third-order valence-electron chi connectivity index (χ3n) is 4.30. The third-order valence-corrected chi connectivity index (χ3v) is 7.47. The number of phosphoric acid groups is 1. The minimum absolute atomic E-state index is 0.0123. The van der Waals surface area contributed by atoms with Gasteiger partial charge in [-0.1, -0.05) is 0 Å². The summed E-state index contributed by atoms with van der Waals surface area (Å²) in [4.78, 5) is 30.2. The van der Waals surface area contributed by atoms with Crippen molar-refractivity contribution in [2.75, 3.05) is 12.3 Å². The molecule has 0 saturated carbocycles. The predicted molar refractivity (Wildman–Crippen MR) is 97.5 cm³/mol. The van der Waals surface area contributed by atoms with Gasteiger partial charge in [-0.15, -0.1) is 0 Å². The van der Waals surface area contributed by atoms with Crippen LogP contribution in [0.4, 0.5) is 14.6 Å². The zero-order chi connectivity index (χ0) is 24.1.